The summed E-state index contributed by atoms with van der Waals surface area (Å²) in [4.78, 5) is 23.2. The van der Waals surface area contributed by atoms with E-state index < -0.39 is 5.97 Å². The van der Waals surface area contributed by atoms with E-state index in [1.54, 1.807) is 24.3 Å². The van der Waals surface area contributed by atoms with Gasteiger partial charge >= 0.3 is 5.97 Å². The molecule has 0 aliphatic heterocycles. The minimum absolute atomic E-state index is 0.0111. The predicted octanol–water partition coefficient (Wildman–Crippen LogP) is 3.15. The van der Waals surface area contributed by atoms with Crippen molar-refractivity contribution in [1.29, 1.82) is 0 Å². The minimum Gasteiger partial charge on any atom is -0.463 e. The van der Waals surface area contributed by atoms with Crippen LogP contribution >= 0.6 is 11.6 Å². The summed E-state index contributed by atoms with van der Waals surface area (Å²) in [5, 5.41) is 0.569. The van der Waals surface area contributed by atoms with E-state index in [-0.39, 0.29) is 23.7 Å². The third kappa shape index (κ3) is 3.23. The normalized spacial score (nSPS) is 10.2. The van der Waals surface area contributed by atoms with E-state index >= 15 is 0 Å². The average molecular weight is 279 g/mol. The minimum atomic E-state index is -0.609. The fourth-order valence-corrected chi connectivity index (χ4v) is 1.83. The van der Waals surface area contributed by atoms with Crippen molar-refractivity contribution in [3.05, 3.63) is 58.5 Å². The summed E-state index contributed by atoms with van der Waals surface area (Å²) in [5.74, 6) is -0.698. The van der Waals surface area contributed by atoms with E-state index in [1.165, 1.54) is 19.2 Å². The molecule has 0 fully saturated rings. The van der Waals surface area contributed by atoms with Crippen molar-refractivity contribution in [2.45, 2.75) is 6.42 Å². The Kier molecular flexibility index (Phi) is 4.02. The van der Waals surface area contributed by atoms with Crippen molar-refractivity contribution in [2.75, 3.05) is 7.11 Å². The molecule has 0 spiro atoms. The maximum Gasteiger partial charge on any atom is 0.373 e. The molecule has 0 saturated heterocycles. The van der Waals surface area contributed by atoms with Crippen LogP contribution in [0, 0.1) is 0 Å². The highest BCUT2D eigenvalue weighted by molar-refractivity contribution is 6.30. The fraction of sp³-hybridized carbons (Fsp3) is 0.143. The largest absolute Gasteiger partial charge is 0.463 e. The number of halogens is 1. The standard InChI is InChI=1S/C14H11ClO4/c1-18-14(17)13-6-5-12(19-13)11(16)8-9-3-2-4-10(15)7-9/h2-7H,8H2,1H3. The van der Waals surface area contributed by atoms with Gasteiger partial charge in [0.25, 0.3) is 0 Å². The zero-order valence-corrected chi connectivity index (χ0v) is 10.9. The van der Waals surface area contributed by atoms with Crippen molar-refractivity contribution in [3.63, 3.8) is 0 Å². The Balaban J connectivity index is 2.12. The number of methoxy groups -OCH3 is 1. The van der Waals surface area contributed by atoms with Crippen LogP contribution in [0.4, 0.5) is 0 Å². The summed E-state index contributed by atoms with van der Waals surface area (Å²) in [7, 11) is 1.25. The Morgan fingerprint density at radius 1 is 1.21 bits per heavy atom. The van der Waals surface area contributed by atoms with Crippen LogP contribution in [0.3, 0.4) is 0 Å². The lowest BCUT2D eigenvalue weighted by molar-refractivity contribution is 0.0563. The number of carbonyl (C=O) groups excluding carboxylic acids is 2. The van der Waals surface area contributed by atoms with E-state index in [4.69, 9.17) is 16.0 Å². The maximum atomic E-state index is 12.0. The third-order valence-corrected chi connectivity index (χ3v) is 2.76. The molecule has 0 unspecified atom stereocenters. The van der Waals surface area contributed by atoms with Crippen LogP contribution < -0.4 is 0 Å². The van der Waals surface area contributed by atoms with Gasteiger partial charge in [-0.3, -0.25) is 4.79 Å². The topological polar surface area (TPSA) is 56.5 Å². The molecule has 0 saturated carbocycles. The highest BCUT2D eigenvalue weighted by Crippen LogP contribution is 2.15. The number of Topliss-reactive ketones (excluding diaryl/α,β-unsaturated/α-hetero) is 1. The molecule has 0 bridgehead atoms. The summed E-state index contributed by atoms with van der Waals surface area (Å²) >= 11 is 5.84. The molecule has 0 atom stereocenters. The second-order valence-corrected chi connectivity index (χ2v) is 4.32. The Morgan fingerprint density at radius 2 is 1.95 bits per heavy atom. The highest BCUT2D eigenvalue weighted by atomic mass is 35.5. The molecule has 98 valence electrons. The smallest absolute Gasteiger partial charge is 0.373 e. The molecule has 2 rings (SSSR count). The summed E-state index contributed by atoms with van der Waals surface area (Å²) in [6.45, 7) is 0. The van der Waals surface area contributed by atoms with Crippen molar-refractivity contribution in [3.8, 4) is 0 Å². The Bertz CT molecular complexity index is 615. The lowest BCUT2D eigenvalue weighted by Crippen LogP contribution is -2.03. The number of hydrogen-bond acceptors (Lipinski definition) is 4. The van der Waals surface area contributed by atoms with Gasteiger partial charge in [0.1, 0.15) is 0 Å². The first-order valence-corrected chi connectivity index (χ1v) is 5.93. The predicted molar refractivity (Wildman–Crippen MR) is 69.5 cm³/mol. The third-order valence-electron chi connectivity index (χ3n) is 2.52. The van der Waals surface area contributed by atoms with Gasteiger partial charge in [-0.1, -0.05) is 23.7 Å². The highest BCUT2D eigenvalue weighted by Gasteiger charge is 2.16. The van der Waals surface area contributed by atoms with E-state index in [1.807, 2.05) is 0 Å². The Hall–Kier alpha value is -2.07. The van der Waals surface area contributed by atoms with Gasteiger partial charge in [0.15, 0.2) is 5.76 Å². The SMILES string of the molecule is COC(=O)c1ccc(C(=O)Cc2cccc(Cl)c2)o1. The van der Waals surface area contributed by atoms with Crippen LogP contribution in [0.5, 0.6) is 0 Å². The molecule has 0 aliphatic rings. The number of ketones is 1. The van der Waals surface area contributed by atoms with Gasteiger partial charge in [-0.2, -0.15) is 0 Å². The molecule has 1 heterocycles. The molecule has 0 N–H and O–H groups in total. The van der Waals surface area contributed by atoms with Gasteiger partial charge in [-0.05, 0) is 29.8 Å². The summed E-state index contributed by atoms with van der Waals surface area (Å²) in [6.07, 6.45) is 0.161. The number of hydrogen-bond donors (Lipinski definition) is 0. The first-order valence-electron chi connectivity index (χ1n) is 5.56. The van der Waals surface area contributed by atoms with Gasteiger partial charge in [0.2, 0.25) is 11.5 Å². The van der Waals surface area contributed by atoms with Gasteiger partial charge in [0, 0.05) is 11.4 Å². The van der Waals surface area contributed by atoms with E-state index in [0.717, 1.165) is 5.56 Å². The second kappa shape index (κ2) is 5.71. The number of benzene rings is 1. The Morgan fingerprint density at radius 3 is 2.63 bits per heavy atom. The number of rotatable bonds is 4. The van der Waals surface area contributed by atoms with Crippen LogP contribution in [-0.2, 0) is 11.2 Å². The van der Waals surface area contributed by atoms with Crippen molar-refractivity contribution >= 4 is 23.4 Å². The van der Waals surface area contributed by atoms with E-state index in [0.29, 0.717) is 5.02 Å². The maximum absolute atomic E-state index is 12.0. The van der Waals surface area contributed by atoms with Gasteiger partial charge in [-0.15, -0.1) is 0 Å². The van der Waals surface area contributed by atoms with Crippen LogP contribution in [-0.4, -0.2) is 18.9 Å². The van der Waals surface area contributed by atoms with Crippen LogP contribution in [0.15, 0.2) is 40.8 Å². The lowest BCUT2D eigenvalue weighted by atomic mass is 10.1. The zero-order valence-electron chi connectivity index (χ0n) is 10.2. The molecule has 0 radical (unpaired) electrons. The number of esters is 1. The van der Waals surface area contributed by atoms with E-state index in [2.05, 4.69) is 4.74 Å². The first kappa shape index (κ1) is 13.4. The monoisotopic (exact) mass is 278 g/mol. The molecule has 0 aliphatic carbocycles. The van der Waals surface area contributed by atoms with Crippen LogP contribution in [0.25, 0.3) is 0 Å². The molecular formula is C14H11ClO4. The fourth-order valence-electron chi connectivity index (χ4n) is 1.62. The summed E-state index contributed by atoms with van der Waals surface area (Å²) in [5.41, 5.74) is 0.786. The molecule has 4 nitrogen and oxygen atoms in total. The number of carbonyl (C=O) groups is 2. The van der Waals surface area contributed by atoms with Gasteiger partial charge in [0.05, 0.1) is 7.11 Å². The van der Waals surface area contributed by atoms with E-state index in [9.17, 15) is 9.59 Å². The molecule has 1 aromatic heterocycles. The van der Waals surface area contributed by atoms with Gasteiger partial charge in [-0.25, -0.2) is 4.79 Å². The molecule has 0 amide bonds. The number of ether oxygens (including phenoxy) is 1. The summed E-state index contributed by atoms with van der Waals surface area (Å²) < 4.78 is 9.65. The molecule has 1 aromatic carbocycles. The quantitative estimate of drug-likeness (QED) is 0.637. The zero-order chi connectivity index (χ0) is 13.8. The number of furan rings is 1. The van der Waals surface area contributed by atoms with Crippen molar-refractivity contribution in [2.24, 2.45) is 0 Å². The Labute approximate surface area is 114 Å². The lowest BCUT2D eigenvalue weighted by Gasteiger charge is -1.99. The molecule has 2 aromatic rings. The average Bonchev–Trinajstić information content (AvgIpc) is 2.87. The van der Waals surface area contributed by atoms with Crippen molar-refractivity contribution < 1.29 is 18.7 Å². The van der Waals surface area contributed by atoms with Gasteiger partial charge < -0.3 is 9.15 Å². The first-order chi connectivity index (χ1) is 9.10. The summed E-state index contributed by atoms with van der Waals surface area (Å²) in [6, 6.07) is 9.89. The molecular weight excluding hydrogens is 268 g/mol. The second-order valence-electron chi connectivity index (χ2n) is 3.89. The van der Waals surface area contributed by atoms with Crippen LogP contribution in [0.1, 0.15) is 26.7 Å². The van der Waals surface area contributed by atoms with Crippen LogP contribution in [0.2, 0.25) is 5.02 Å². The molecule has 5 heteroatoms. The van der Waals surface area contributed by atoms with Crippen molar-refractivity contribution in [1.82, 2.24) is 0 Å². The molecule has 19 heavy (non-hydrogen) atoms.